The molecule has 158 valence electrons. The third kappa shape index (κ3) is 4.79. The number of nitrogens with zero attached hydrogens (tertiary/aromatic N) is 2. The van der Waals surface area contributed by atoms with Gasteiger partial charge < -0.3 is 15.1 Å². The minimum absolute atomic E-state index is 0.116. The van der Waals surface area contributed by atoms with Crippen LogP contribution in [0.5, 0.6) is 0 Å². The number of halogens is 3. The van der Waals surface area contributed by atoms with Crippen molar-refractivity contribution in [1.82, 2.24) is 9.80 Å². The van der Waals surface area contributed by atoms with Gasteiger partial charge in [0.25, 0.3) is 11.8 Å². The zero-order valence-electron chi connectivity index (χ0n) is 16.2. The Morgan fingerprint density at radius 2 is 1.47 bits per heavy atom. The van der Waals surface area contributed by atoms with Crippen molar-refractivity contribution in [2.75, 3.05) is 31.5 Å². The Bertz CT molecular complexity index is 950. The average molecular weight is 419 g/mol. The zero-order valence-corrected chi connectivity index (χ0v) is 16.2. The molecule has 9 heteroatoms. The van der Waals surface area contributed by atoms with E-state index in [1.807, 2.05) is 0 Å². The Hall–Kier alpha value is -3.36. The largest absolute Gasteiger partial charge is 0.335 e. The fraction of sp³-hybridized carbons (Fsp3) is 0.286. The fourth-order valence-corrected chi connectivity index (χ4v) is 3.18. The van der Waals surface area contributed by atoms with Gasteiger partial charge in [-0.2, -0.15) is 0 Å². The Morgan fingerprint density at radius 1 is 0.900 bits per heavy atom. The van der Waals surface area contributed by atoms with E-state index in [-0.39, 0.29) is 43.3 Å². The van der Waals surface area contributed by atoms with Gasteiger partial charge in [0.2, 0.25) is 0 Å². The van der Waals surface area contributed by atoms with E-state index < -0.39 is 23.6 Å². The molecule has 0 aliphatic carbocycles. The Labute approximate surface area is 171 Å². The van der Waals surface area contributed by atoms with Gasteiger partial charge in [0.15, 0.2) is 0 Å². The molecular weight excluding hydrogens is 399 g/mol. The SMILES string of the molecule is CC(F)(F)c1ccccc1NC(=O)C(=O)N1CCN(C(=O)c2ccc(F)cc2)CC1. The molecule has 0 bridgehead atoms. The number of amides is 3. The molecule has 2 aromatic rings. The zero-order chi connectivity index (χ0) is 21.9. The van der Waals surface area contributed by atoms with Gasteiger partial charge in [0.05, 0.1) is 5.69 Å². The van der Waals surface area contributed by atoms with Gasteiger partial charge in [0.1, 0.15) is 5.82 Å². The molecule has 1 fully saturated rings. The van der Waals surface area contributed by atoms with Crippen molar-refractivity contribution in [3.05, 3.63) is 65.5 Å². The van der Waals surface area contributed by atoms with Gasteiger partial charge in [-0.3, -0.25) is 14.4 Å². The molecule has 1 N–H and O–H groups in total. The Morgan fingerprint density at radius 3 is 2.07 bits per heavy atom. The van der Waals surface area contributed by atoms with E-state index in [2.05, 4.69) is 5.32 Å². The lowest BCUT2D eigenvalue weighted by Crippen LogP contribution is -2.53. The molecule has 0 unspecified atom stereocenters. The first-order valence-corrected chi connectivity index (χ1v) is 9.29. The minimum atomic E-state index is -3.18. The fourth-order valence-electron chi connectivity index (χ4n) is 3.18. The van der Waals surface area contributed by atoms with Gasteiger partial charge in [-0.05, 0) is 30.3 Å². The van der Waals surface area contributed by atoms with Crippen LogP contribution in [0.3, 0.4) is 0 Å². The number of alkyl halides is 2. The summed E-state index contributed by atoms with van der Waals surface area (Å²) in [7, 11) is 0. The van der Waals surface area contributed by atoms with Crippen molar-refractivity contribution >= 4 is 23.4 Å². The van der Waals surface area contributed by atoms with Gasteiger partial charge in [-0.15, -0.1) is 0 Å². The molecule has 3 amide bonds. The topological polar surface area (TPSA) is 69.7 Å². The van der Waals surface area contributed by atoms with Gasteiger partial charge in [0, 0.05) is 44.2 Å². The van der Waals surface area contributed by atoms with Crippen molar-refractivity contribution in [3.63, 3.8) is 0 Å². The number of benzene rings is 2. The number of piperazine rings is 1. The monoisotopic (exact) mass is 419 g/mol. The van der Waals surface area contributed by atoms with Crippen molar-refractivity contribution in [3.8, 4) is 0 Å². The van der Waals surface area contributed by atoms with Gasteiger partial charge in [-0.25, -0.2) is 13.2 Å². The highest BCUT2D eigenvalue weighted by atomic mass is 19.3. The van der Waals surface area contributed by atoms with Crippen LogP contribution in [0.15, 0.2) is 48.5 Å². The molecular formula is C21H20F3N3O3. The van der Waals surface area contributed by atoms with E-state index in [0.717, 1.165) is 0 Å². The predicted molar refractivity (Wildman–Crippen MR) is 104 cm³/mol. The standard InChI is InChI=1S/C21H20F3N3O3/c1-21(23,24)16-4-2-3-5-17(16)25-18(28)20(30)27-12-10-26(11-13-27)19(29)14-6-8-15(22)9-7-14/h2-9H,10-13H2,1H3,(H,25,28). The number of para-hydroxylation sites is 1. The Kier molecular flexibility index (Phi) is 6.09. The lowest BCUT2D eigenvalue weighted by Gasteiger charge is -2.34. The molecule has 6 nitrogen and oxygen atoms in total. The highest BCUT2D eigenvalue weighted by molar-refractivity contribution is 6.39. The van der Waals surface area contributed by atoms with Gasteiger partial charge >= 0.3 is 11.8 Å². The summed E-state index contributed by atoms with van der Waals surface area (Å²) in [5.41, 5.74) is -0.194. The lowest BCUT2D eigenvalue weighted by molar-refractivity contribution is -0.144. The Balaban J connectivity index is 1.60. The maximum atomic E-state index is 13.7. The van der Waals surface area contributed by atoms with Gasteiger partial charge in [-0.1, -0.05) is 18.2 Å². The number of carbonyl (C=O) groups excluding carboxylic acids is 3. The highest BCUT2D eigenvalue weighted by Gasteiger charge is 2.31. The van der Waals surface area contributed by atoms with E-state index in [4.69, 9.17) is 0 Å². The van der Waals surface area contributed by atoms with Crippen LogP contribution in [0.1, 0.15) is 22.8 Å². The second-order valence-electron chi connectivity index (χ2n) is 6.98. The van der Waals surface area contributed by atoms with E-state index >= 15 is 0 Å². The number of anilines is 1. The van der Waals surface area contributed by atoms with E-state index in [1.54, 1.807) is 0 Å². The van der Waals surface area contributed by atoms with Crippen LogP contribution in [0.4, 0.5) is 18.9 Å². The molecule has 1 aliphatic rings. The van der Waals surface area contributed by atoms with Crippen molar-refractivity contribution in [2.45, 2.75) is 12.8 Å². The van der Waals surface area contributed by atoms with Crippen LogP contribution in [0, 0.1) is 5.82 Å². The number of hydrogen-bond donors (Lipinski definition) is 1. The second-order valence-corrected chi connectivity index (χ2v) is 6.98. The number of carbonyl (C=O) groups is 3. The summed E-state index contributed by atoms with van der Waals surface area (Å²) < 4.78 is 40.4. The van der Waals surface area contributed by atoms with Crippen LogP contribution >= 0.6 is 0 Å². The number of rotatable bonds is 3. The normalized spacial score (nSPS) is 14.4. The highest BCUT2D eigenvalue weighted by Crippen LogP contribution is 2.32. The van der Waals surface area contributed by atoms with E-state index in [1.165, 1.54) is 58.3 Å². The molecule has 0 spiro atoms. The summed E-state index contributed by atoms with van der Waals surface area (Å²) in [6.07, 6.45) is 0. The summed E-state index contributed by atoms with van der Waals surface area (Å²) in [6.45, 7) is 1.32. The number of hydrogen-bond acceptors (Lipinski definition) is 3. The maximum absolute atomic E-state index is 13.7. The molecule has 0 atom stereocenters. The summed E-state index contributed by atoms with van der Waals surface area (Å²) in [6, 6.07) is 10.5. The van der Waals surface area contributed by atoms with Crippen molar-refractivity contribution in [1.29, 1.82) is 0 Å². The first-order valence-electron chi connectivity index (χ1n) is 9.29. The third-order valence-electron chi connectivity index (χ3n) is 4.79. The van der Waals surface area contributed by atoms with Crippen molar-refractivity contribution in [2.24, 2.45) is 0 Å². The maximum Gasteiger partial charge on any atom is 0.313 e. The summed E-state index contributed by atoms with van der Waals surface area (Å²) in [5, 5.41) is 2.25. The third-order valence-corrected chi connectivity index (χ3v) is 4.79. The molecule has 30 heavy (non-hydrogen) atoms. The summed E-state index contributed by atoms with van der Waals surface area (Å²) in [5.74, 6) is -5.82. The first kappa shape index (κ1) is 21.4. The van der Waals surface area contributed by atoms with Crippen LogP contribution in [-0.4, -0.2) is 53.7 Å². The number of nitrogens with one attached hydrogen (secondary N) is 1. The lowest BCUT2D eigenvalue weighted by atomic mass is 10.1. The average Bonchev–Trinajstić information content (AvgIpc) is 2.73. The van der Waals surface area contributed by atoms with Crippen LogP contribution < -0.4 is 5.32 Å². The van der Waals surface area contributed by atoms with E-state index in [9.17, 15) is 27.6 Å². The van der Waals surface area contributed by atoms with E-state index in [0.29, 0.717) is 12.5 Å². The van der Waals surface area contributed by atoms with Crippen LogP contribution in [-0.2, 0) is 15.5 Å². The first-order chi connectivity index (χ1) is 14.2. The molecule has 0 radical (unpaired) electrons. The molecule has 1 aliphatic heterocycles. The smallest absolute Gasteiger partial charge is 0.313 e. The second kappa shape index (κ2) is 8.56. The van der Waals surface area contributed by atoms with Crippen LogP contribution in [0.25, 0.3) is 0 Å². The molecule has 0 aromatic heterocycles. The molecule has 3 rings (SSSR count). The molecule has 0 saturated carbocycles. The molecule has 1 saturated heterocycles. The summed E-state index contributed by atoms with van der Waals surface area (Å²) in [4.78, 5) is 39.9. The molecule has 2 aromatic carbocycles. The van der Waals surface area contributed by atoms with Crippen LogP contribution in [0.2, 0.25) is 0 Å². The minimum Gasteiger partial charge on any atom is -0.335 e. The quantitative estimate of drug-likeness (QED) is 0.778. The van der Waals surface area contributed by atoms with Crippen molar-refractivity contribution < 1.29 is 27.6 Å². The predicted octanol–water partition coefficient (Wildman–Crippen LogP) is 2.86. The molecule has 1 heterocycles. The summed E-state index contributed by atoms with van der Waals surface area (Å²) >= 11 is 0.